The lowest BCUT2D eigenvalue weighted by Gasteiger charge is -2.33. The Labute approximate surface area is 214 Å². The summed E-state index contributed by atoms with van der Waals surface area (Å²) in [5.41, 5.74) is -1.59. The quantitative estimate of drug-likeness (QED) is 0.142. The highest BCUT2D eigenvalue weighted by molar-refractivity contribution is 6.08. The molecule has 202 valence electrons. The number of hydrogen-bond acceptors (Lipinski definition) is 5. The predicted octanol–water partition coefficient (Wildman–Crippen LogP) is 5.58. The number of rotatable bonds is 19. The number of H-pyrrole nitrogens is 1. The van der Waals surface area contributed by atoms with Gasteiger partial charge in [-0.2, -0.15) is 0 Å². The van der Waals surface area contributed by atoms with Crippen LogP contribution in [0.5, 0.6) is 0 Å². The number of aliphatic carboxylic acids is 2. The number of nitrogens with one attached hydrogen (secondary N) is 2. The molecule has 1 aliphatic rings. The van der Waals surface area contributed by atoms with Crippen molar-refractivity contribution in [1.29, 1.82) is 0 Å². The Kier molecular flexibility index (Phi) is 11.8. The van der Waals surface area contributed by atoms with Crippen LogP contribution in [-0.2, 0) is 19.2 Å². The normalized spacial score (nSPS) is 18.2. The number of carboxylic acid groups (broad SMARTS) is 2. The molecule has 2 rings (SSSR count). The molecule has 1 unspecified atom stereocenters. The van der Waals surface area contributed by atoms with Crippen LogP contribution in [0.15, 0.2) is 18.3 Å². The first-order valence-electron chi connectivity index (χ1n) is 13.6. The molecule has 1 atom stereocenters. The summed E-state index contributed by atoms with van der Waals surface area (Å²) in [5, 5.41) is 22.3. The topological polar surface area (TPSA) is 137 Å². The van der Waals surface area contributed by atoms with Crippen LogP contribution in [0.25, 0.3) is 0 Å². The summed E-state index contributed by atoms with van der Waals surface area (Å²) in [5.74, 6) is -2.20. The molecular weight excluding hydrogens is 460 g/mol. The van der Waals surface area contributed by atoms with E-state index in [0.717, 1.165) is 38.5 Å². The molecule has 0 saturated carbocycles. The zero-order valence-corrected chi connectivity index (χ0v) is 21.9. The van der Waals surface area contributed by atoms with E-state index >= 15 is 0 Å². The molecule has 0 aromatic carbocycles. The third kappa shape index (κ3) is 7.76. The number of ketones is 2. The van der Waals surface area contributed by atoms with Crippen molar-refractivity contribution in [2.24, 2.45) is 5.41 Å². The summed E-state index contributed by atoms with van der Waals surface area (Å²) in [6.07, 6.45) is 9.74. The van der Waals surface area contributed by atoms with Crippen molar-refractivity contribution < 1.29 is 29.4 Å². The van der Waals surface area contributed by atoms with Gasteiger partial charge < -0.3 is 20.5 Å². The number of carboxylic acids is 2. The largest absolute Gasteiger partial charge is 0.481 e. The van der Waals surface area contributed by atoms with Crippen molar-refractivity contribution in [2.75, 3.05) is 0 Å². The molecule has 36 heavy (non-hydrogen) atoms. The first-order valence-corrected chi connectivity index (χ1v) is 13.6. The summed E-state index contributed by atoms with van der Waals surface area (Å²) in [4.78, 5) is 54.2. The molecule has 0 spiro atoms. The van der Waals surface area contributed by atoms with E-state index in [1.165, 1.54) is 0 Å². The summed E-state index contributed by atoms with van der Waals surface area (Å²) in [6, 6.07) is 3.01. The van der Waals surface area contributed by atoms with E-state index in [9.17, 15) is 29.4 Å². The molecule has 2 heterocycles. The maximum atomic E-state index is 14.0. The molecule has 1 aromatic rings. The van der Waals surface area contributed by atoms with Crippen LogP contribution in [0.3, 0.4) is 0 Å². The standard InChI is InChI=1S/C28H44N2O6/c1-3-5-7-9-13-22(31)28(23(32)14-10-8-6-4-2)20-27(17-15-24(33)34,18-16-25(35)36)30-26(28)21-12-11-19-29-21/h11-12,19,26,29-30H,3-10,13-18,20H2,1-2H3,(H,33,34)(H,35,36). The average molecular weight is 505 g/mol. The van der Waals surface area contributed by atoms with Crippen molar-refractivity contribution >= 4 is 23.5 Å². The van der Waals surface area contributed by atoms with Gasteiger partial charge in [-0.1, -0.05) is 52.4 Å². The highest BCUT2D eigenvalue weighted by atomic mass is 16.4. The fourth-order valence-corrected chi connectivity index (χ4v) is 5.67. The summed E-state index contributed by atoms with van der Waals surface area (Å²) in [6.45, 7) is 4.20. The lowest BCUT2D eigenvalue weighted by molar-refractivity contribution is -0.142. The highest BCUT2D eigenvalue weighted by Crippen LogP contribution is 2.53. The van der Waals surface area contributed by atoms with Gasteiger partial charge in [-0.3, -0.25) is 19.2 Å². The van der Waals surface area contributed by atoms with Crippen LogP contribution >= 0.6 is 0 Å². The molecule has 0 amide bonds. The van der Waals surface area contributed by atoms with Crippen molar-refractivity contribution in [3.8, 4) is 0 Å². The second-order valence-electron chi connectivity index (χ2n) is 10.4. The molecule has 1 aromatic heterocycles. The van der Waals surface area contributed by atoms with Gasteiger partial charge in [0.15, 0.2) is 0 Å². The van der Waals surface area contributed by atoms with Crippen LogP contribution in [0.2, 0.25) is 0 Å². The minimum absolute atomic E-state index is 0.112. The number of hydrogen-bond donors (Lipinski definition) is 4. The Bertz CT molecular complexity index is 821. The van der Waals surface area contributed by atoms with Crippen LogP contribution in [0.1, 0.15) is 122 Å². The number of unbranched alkanes of at least 4 members (excludes halogenated alkanes) is 6. The van der Waals surface area contributed by atoms with Gasteiger partial charge in [0.1, 0.15) is 17.0 Å². The fraction of sp³-hybridized carbons (Fsp3) is 0.714. The van der Waals surface area contributed by atoms with Gasteiger partial charge in [0, 0.05) is 43.1 Å². The second-order valence-corrected chi connectivity index (χ2v) is 10.4. The monoisotopic (exact) mass is 504 g/mol. The summed E-state index contributed by atoms with van der Waals surface area (Å²) in [7, 11) is 0. The van der Waals surface area contributed by atoms with Crippen molar-refractivity contribution in [2.45, 2.75) is 122 Å². The van der Waals surface area contributed by atoms with Crippen molar-refractivity contribution in [1.82, 2.24) is 10.3 Å². The van der Waals surface area contributed by atoms with E-state index in [0.29, 0.717) is 18.5 Å². The average Bonchev–Trinajstić information content (AvgIpc) is 3.49. The van der Waals surface area contributed by atoms with Crippen LogP contribution in [0, 0.1) is 5.41 Å². The highest BCUT2D eigenvalue weighted by Gasteiger charge is 2.61. The van der Waals surface area contributed by atoms with Crippen LogP contribution < -0.4 is 5.32 Å². The SMILES string of the molecule is CCCCCCC(=O)C1(C(=O)CCCCCC)CC(CCC(=O)O)(CCC(=O)O)NC1c1ccc[nH]1. The molecule has 8 nitrogen and oxygen atoms in total. The second kappa shape index (κ2) is 14.3. The molecule has 1 fully saturated rings. The van der Waals surface area contributed by atoms with Gasteiger partial charge in [0.25, 0.3) is 0 Å². The van der Waals surface area contributed by atoms with E-state index < -0.39 is 28.9 Å². The first-order chi connectivity index (χ1) is 17.2. The predicted molar refractivity (Wildman–Crippen MR) is 138 cm³/mol. The lowest BCUT2D eigenvalue weighted by Crippen LogP contribution is -2.44. The van der Waals surface area contributed by atoms with E-state index in [-0.39, 0.29) is 56.5 Å². The third-order valence-corrected chi connectivity index (χ3v) is 7.64. The Hall–Kier alpha value is -2.48. The van der Waals surface area contributed by atoms with E-state index in [2.05, 4.69) is 24.1 Å². The molecule has 0 radical (unpaired) electrons. The van der Waals surface area contributed by atoms with Gasteiger partial charge >= 0.3 is 11.9 Å². The smallest absolute Gasteiger partial charge is 0.303 e. The molecule has 0 aliphatic carbocycles. The van der Waals surface area contributed by atoms with Crippen LogP contribution in [-0.4, -0.2) is 44.2 Å². The van der Waals surface area contributed by atoms with Gasteiger partial charge in [0.05, 0.1) is 6.04 Å². The molecular formula is C28H44N2O6. The zero-order chi connectivity index (χ0) is 26.6. The van der Waals surface area contributed by atoms with Gasteiger partial charge in [-0.15, -0.1) is 0 Å². The van der Waals surface area contributed by atoms with Crippen LogP contribution in [0.4, 0.5) is 0 Å². The molecule has 0 bridgehead atoms. The fourth-order valence-electron chi connectivity index (χ4n) is 5.67. The van der Waals surface area contributed by atoms with Crippen molar-refractivity contribution in [3.63, 3.8) is 0 Å². The number of carbonyl (C=O) groups excluding carboxylic acids is 2. The molecule has 4 N–H and O–H groups in total. The Morgan fingerprint density at radius 2 is 1.36 bits per heavy atom. The maximum absolute atomic E-state index is 14.0. The Morgan fingerprint density at radius 1 is 0.833 bits per heavy atom. The minimum atomic E-state index is -1.35. The van der Waals surface area contributed by atoms with Crippen molar-refractivity contribution in [3.05, 3.63) is 24.0 Å². The van der Waals surface area contributed by atoms with E-state index in [1.54, 1.807) is 6.20 Å². The molecule has 1 saturated heterocycles. The number of Topliss-reactive ketones (excluding diaryl/α,β-unsaturated/α-hetero) is 2. The summed E-state index contributed by atoms with van der Waals surface area (Å²) < 4.78 is 0. The third-order valence-electron chi connectivity index (χ3n) is 7.64. The van der Waals surface area contributed by atoms with Gasteiger partial charge in [-0.05, 0) is 44.2 Å². The maximum Gasteiger partial charge on any atom is 0.303 e. The number of aromatic amines is 1. The number of carbonyl (C=O) groups is 4. The van der Waals surface area contributed by atoms with E-state index in [4.69, 9.17) is 0 Å². The van der Waals surface area contributed by atoms with Gasteiger partial charge in [0.2, 0.25) is 0 Å². The summed E-state index contributed by atoms with van der Waals surface area (Å²) >= 11 is 0. The Morgan fingerprint density at radius 3 is 1.78 bits per heavy atom. The van der Waals surface area contributed by atoms with E-state index in [1.807, 2.05) is 12.1 Å². The van der Waals surface area contributed by atoms with Gasteiger partial charge in [-0.25, -0.2) is 0 Å². The molecule has 1 aliphatic heterocycles. The lowest BCUT2D eigenvalue weighted by atomic mass is 9.66. The minimum Gasteiger partial charge on any atom is -0.481 e. The first kappa shape index (κ1) is 29.7. The molecule has 8 heteroatoms. The number of aromatic nitrogens is 1. The Balaban J connectivity index is 2.50. The zero-order valence-electron chi connectivity index (χ0n) is 21.9.